The molecule has 9 heteroatoms. The lowest BCUT2D eigenvalue weighted by Gasteiger charge is -2.05. The molecule has 0 atom stereocenters. The van der Waals surface area contributed by atoms with Gasteiger partial charge in [-0.2, -0.15) is 0 Å². The van der Waals surface area contributed by atoms with Crippen molar-refractivity contribution in [3.63, 3.8) is 0 Å². The van der Waals surface area contributed by atoms with Crippen LogP contribution >= 0.6 is 23.2 Å². The average Bonchev–Trinajstić information content (AvgIpc) is 2.18. The van der Waals surface area contributed by atoms with Gasteiger partial charge in [0, 0.05) is 0 Å². The maximum atomic E-state index is 13.2. The van der Waals surface area contributed by atoms with E-state index in [4.69, 9.17) is 28.3 Å². The highest BCUT2D eigenvalue weighted by molar-refractivity contribution is 6.37. The molecule has 1 N–H and O–H groups in total. The summed E-state index contributed by atoms with van der Waals surface area (Å²) < 4.78 is 26.3. The monoisotopic (exact) mass is 271 g/mol. The normalized spacial score (nSPS) is 10.2. The number of halogens is 4. The van der Waals surface area contributed by atoms with Crippen LogP contribution in [0.5, 0.6) is 0 Å². The van der Waals surface area contributed by atoms with Gasteiger partial charge in [-0.05, 0) is 0 Å². The van der Waals surface area contributed by atoms with Gasteiger partial charge in [-0.25, -0.2) is 13.6 Å². The summed E-state index contributed by atoms with van der Waals surface area (Å²) in [5, 5.41) is 16.6. The number of hydrogen-bond donors (Lipinski definition) is 1. The van der Waals surface area contributed by atoms with Gasteiger partial charge >= 0.3 is 11.7 Å². The molecular weight excluding hydrogens is 271 g/mol. The Morgan fingerprint density at radius 1 is 1.25 bits per heavy atom. The van der Waals surface area contributed by atoms with E-state index in [0.29, 0.717) is 0 Å². The van der Waals surface area contributed by atoms with Gasteiger partial charge in [-0.15, -0.1) is 0 Å². The van der Waals surface area contributed by atoms with E-state index >= 15 is 0 Å². The van der Waals surface area contributed by atoms with Crippen LogP contribution in [-0.2, 0) is 0 Å². The third-order valence-corrected chi connectivity index (χ3v) is 2.32. The maximum absolute atomic E-state index is 13.2. The Hall–Kier alpha value is -1.47. The smallest absolute Gasteiger partial charge is 0.345 e. The van der Waals surface area contributed by atoms with Gasteiger partial charge in [0.1, 0.15) is 5.02 Å². The lowest BCUT2D eigenvalue weighted by Crippen LogP contribution is -2.08. The molecule has 0 bridgehead atoms. The summed E-state index contributed by atoms with van der Waals surface area (Å²) in [6.45, 7) is 0. The molecule has 0 spiro atoms. The molecule has 5 nitrogen and oxygen atoms in total. The lowest BCUT2D eigenvalue weighted by atomic mass is 10.1. The van der Waals surface area contributed by atoms with Crippen molar-refractivity contribution in [2.24, 2.45) is 0 Å². The fraction of sp³-hybridized carbons (Fsp3) is 0. The highest BCUT2D eigenvalue weighted by Gasteiger charge is 2.34. The van der Waals surface area contributed by atoms with Crippen LogP contribution in [0, 0.1) is 21.7 Å². The zero-order valence-corrected chi connectivity index (χ0v) is 8.64. The van der Waals surface area contributed by atoms with E-state index in [1.54, 1.807) is 0 Å². The van der Waals surface area contributed by atoms with Gasteiger partial charge in [0.2, 0.25) is 0 Å². The second-order valence-electron chi connectivity index (χ2n) is 2.54. The third-order valence-electron chi connectivity index (χ3n) is 1.64. The first-order valence-electron chi connectivity index (χ1n) is 3.52. The Labute approximate surface area is 96.3 Å². The summed E-state index contributed by atoms with van der Waals surface area (Å²) >= 11 is 10.3. The van der Waals surface area contributed by atoms with Crippen LogP contribution in [0.4, 0.5) is 14.5 Å². The second-order valence-corrected chi connectivity index (χ2v) is 3.30. The van der Waals surface area contributed by atoms with Crippen LogP contribution in [0.15, 0.2) is 0 Å². The number of carbonyl (C=O) groups is 1. The van der Waals surface area contributed by atoms with E-state index < -0.39 is 43.8 Å². The molecule has 1 aromatic rings. The van der Waals surface area contributed by atoms with E-state index in [9.17, 15) is 23.7 Å². The standard InChI is InChI=1S/C7HCl2F2NO4/c8-2-4(10)1(7(13)14)6(12(15)16)3(9)5(2)11/h(H,13,14). The topological polar surface area (TPSA) is 80.4 Å². The van der Waals surface area contributed by atoms with Crippen LogP contribution in [-0.4, -0.2) is 16.0 Å². The summed E-state index contributed by atoms with van der Waals surface area (Å²) in [4.78, 5) is 19.7. The van der Waals surface area contributed by atoms with Gasteiger partial charge in [-0.3, -0.25) is 10.1 Å². The van der Waals surface area contributed by atoms with Crippen LogP contribution in [0.25, 0.3) is 0 Å². The SMILES string of the molecule is O=C(O)c1c(F)c(Cl)c(F)c(Cl)c1[N+](=O)[O-]. The van der Waals surface area contributed by atoms with Crippen molar-refractivity contribution in [3.8, 4) is 0 Å². The predicted octanol–water partition coefficient (Wildman–Crippen LogP) is 2.88. The Balaban J connectivity index is 3.83. The van der Waals surface area contributed by atoms with E-state index in [0.717, 1.165) is 0 Å². The van der Waals surface area contributed by atoms with Gasteiger partial charge in [0.15, 0.2) is 22.2 Å². The van der Waals surface area contributed by atoms with Gasteiger partial charge < -0.3 is 5.11 Å². The molecule has 86 valence electrons. The third kappa shape index (κ3) is 1.79. The van der Waals surface area contributed by atoms with Crippen molar-refractivity contribution in [1.82, 2.24) is 0 Å². The molecule has 0 saturated carbocycles. The van der Waals surface area contributed by atoms with E-state index in [1.807, 2.05) is 0 Å². The number of nitrogens with zero attached hydrogens (tertiary/aromatic N) is 1. The molecule has 0 radical (unpaired) electrons. The predicted molar refractivity (Wildman–Crippen MR) is 50.0 cm³/mol. The van der Waals surface area contributed by atoms with Crippen molar-refractivity contribution < 1.29 is 23.6 Å². The molecule has 0 fully saturated rings. The molecule has 1 aromatic carbocycles. The van der Waals surface area contributed by atoms with Crippen molar-refractivity contribution in [2.75, 3.05) is 0 Å². The van der Waals surface area contributed by atoms with E-state index in [2.05, 4.69) is 0 Å². The molecule has 0 unspecified atom stereocenters. The van der Waals surface area contributed by atoms with Crippen LogP contribution in [0.2, 0.25) is 10.0 Å². The quantitative estimate of drug-likeness (QED) is 0.388. The Morgan fingerprint density at radius 3 is 2.12 bits per heavy atom. The fourth-order valence-electron chi connectivity index (χ4n) is 0.987. The van der Waals surface area contributed by atoms with E-state index in [-0.39, 0.29) is 0 Å². The number of nitro benzene ring substituents is 1. The number of rotatable bonds is 2. The second kappa shape index (κ2) is 4.18. The molecular formula is C7HCl2F2NO4. The highest BCUT2D eigenvalue weighted by atomic mass is 35.5. The molecule has 1 rings (SSSR count). The minimum absolute atomic E-state index is 1.14. The molecule has 0 heterocycles. The van der Waals surface area contributed by atoms with E-state index in [1.165, 1.54) is 0 Å². The summed E-state index contributed by atoms with van der Waals surface area (Å²) in [5.41, 5.74) is -2.74. The summed E-state index contributed by atoms with van der Waals surface area (Å²) in [6.07, 6.45) is 0. The Morgan fingerprint density at radius 2 is 1.75 bits per heavy atom. The molecule has 0 aliphatic heterocycles. The number of carboxylic acid groups (broad SMARTS) is 1. The summed E-state index contributed by atoms with van der Waals surface area (Å²) in [6, 6.07) is 0. The molecule has 0 aliphatic rings. The lowest BCUT2D eigenvalue weighted by molar-refractivity contribution is -0.385. The number of benzene rings is 1. The molecule has 0 saturated heterocycles. The van der Waals surface area contributed by atoms with Gasteiger partial charge in [-0.1, -0.05) is 23.2 Å². The van der Waals surface area contributed by atoms with Crippen molar-refractivity contribution in [3.05, 3.63) is 37.4 Å². The van der Waals surface area contributed by atoms with Crippen LogP contribution in [0.1, 0.15) is 10.4 Å². The van der Waals surface area contributed by atoms with Gasteiger partial charge in [0.05, 0.1) is 4.92 Å². The number of aromatic carboxylic acids is 1. The van der Waals surface area contributed by atoms with Crippen molar-refractivity contribution in [2.45, 2.75) is 0 Å². The number of nitro groups is 1. The zero-order chi connectivity index (χ0) is 12.6. The minimum atomic E-state index is -1.96. The number of carboxylic acids is 1. The fourth-order valence-corrected chi connectivity index (χ4v) is 1.48. The molecule has 0 aliphatic carbocycles. The first-order valence-corrected chi connectivity index (χ1v) is 4.28. The highest BCUT2D eigenvalue weighted by Crippen LogP contribution is 2.37. The first kappa shape index (κ1) is 12.6. The van der Waals surface area contributed by atoms with Crippen molar-refractivity contribution >= 4 is 34.9 Å². The molecule has 16 heavy (non-hydrogen) atoms. The Kier molecular flexibility index (Phi) is 3.30. The summed E-state index contributed by atoms with van der Waals surface area (Å²) in [5.74, 6) is -5.27. The summed E-state index contributed by atoms with van der Waals surface area (Å²) in [7, 11) is 0. The zero-order valence-electron chi connectivity index (χ0n) is 7.13. The van der Waals surface area contributed by atoms with Crippen molar-refractivity contribution in [1.29, 1.82) is 0 Å². The first-order chi connectivity index (χ1) is 7.29. The molecule has 0 amide bonds. The average molecular weight is 272 g/mol. The van der Waals surface area contributed by atoms with Crippen LogP contribution in [0.3, 0.4) is 0 Å². The largest absolute Gasteiger partial charge is 0.477 e. The Bertz CT molecular complexity index is 461. The minimum Gasteiger partial charge on any atom is -0.477 e. The van der Waals surface area contributed by atoms with Gasteiger partial charge in [0.25, 0.3) is 0 Å². The molecule has 0 aromatic heterocycles. The maximum Gasteiger partial charge on any atom is 0.345 e. The number of hydrogen-bond acceptors (Lipinski definition) is 3. The van der Waals surface area contributed by atoms with Crippen LogP contribution < -0.4 is 0 Å².